The molecule has 2 rings (SSSR count). The summed E-state index contributed by atoms with van der Waals surface area (Å²) in [6.45, 7) is 3.54. The number of para-hydroxylation sites is 1. The standard InChI is InChI=1S/C14H18FN3O3/c1-10-3-2-4-11(15)13(10)16-14(21)18-7-5-17(6-8-18)9-12(19)20/h2-4H,5-9H2,1H3,(H,16,21)(H,19,20). The van der Waals surface area contributed by atoms with Gasteiger partial charge in [-0.3, -0.25) is 9.69 Å². The highest BCUT2D eigenvalue weighted by molar-refractivity contribution is 5.90. The van der Waals surface area contributed by atoms with Crippen LogP contribution in [0.4, 0.5) is 14.9 Å². The summed E-state index contributed by atoms with van der Waals surface area (Å²) in [4.78, 5) is 26.1. The first-order valence-corrected chi connectivity index (χ1v) is 6.72. The number of piperazine rings is 1. The zero-order valence-electron chi connectivity index (χ0n) is 11.8. The first-order chi connectivity index (χ1) is 9.97. The van der Waals surface area contributed by atoms with Crippen LogP contribution in [0.3, 0.4) is 0 Å². The van der Waals surface area contributed by atoms with E-state index in [1.165, 1.54) is 6.07 Å². The fourth-order valence-electron chi connectivity index (χ4n) is 2.28. The number of carbonyl (C=O) groups excluding carboxylic acids is 1. The van der Waals surface area contributed by atoms with Gasteiger partial charge in [-0.15, -0.1) is 0 Å². The van der Waals surface area contributed by atoms with Gasteiger partial charge in [-0.1, -0.05) is 12.1 Å². The number of urea groups is 1. The predicted octanol–water partition coefficient (Wildman–Crippen LogP) is 1.37. The minimum atomic E-state index is -0.880. The lowest BCUT2D eigenvalue weighted by atomic mass is 10.2. The van der Waals surface area contributed by atoms with Crippen LogP contribution in [0, 0.1) is 12.7 Å². The minimum absolute atomic E-state index is 0.0259. The predicted molar refractivity (Wildman–Crippen MR) is 75.8 cm³/mol. The minimum Gasteiger partial charge on any atom is -0.480 e. The van der Waals surface area contributed by atoms with Gasteiger partial charge >= 0.3 is 12.0 Å². The Morgan fingerprint density at radius 1 is 1.29 bits per heavy atom. The number of nitrogens with zero attached hydrogens (tertiary/aromatic N) is 2. The average molecular weight is 295 g/mol. The molecule has 6 nitrogen and oxygen atoms in total. The van der Waals surface area contributed by atoms with Crippen LogP contribution in [0.25, 0.3) is 0 Å². The molecule has 1 aliphatic heterocycles. The molecular weight excluding hydrogens is 277 g/mol. The van der Waals surface area contributed by atoms with E-state index in [0.29, 0.717) is 31.7 Å². The van der Waals surface area contributed by atoms with Gasteiger partial charge < -0.3 is 15.3 Å². The second-order valence-corrected chi connectivity index (χ2v) is 5.02. The molecule has 0 saturated carbocycles. The van der Waals surface area contributed by atoms with Crippen molar-refractivity contribution in [1.29, 1.82) is 0 Å². The molecule has 1 aromatic rings. The van der Waals surface area contributed by atoms with Gasteiger partial charge in [-0.25, -0.2) is 9.18 Å². The Morgan fingerprint density at radius 3 is 2.52 bits per heavy atom. The van der Waals surface area contributed by atoms with Crippen molar-refractivity contribution in [3.63, 3.8) is 0 Å². The maximum Gasteiger partial charge on any atom is 0.322 e. The van der Waals surface area contributed by atoms with Crippen molar-refractivity contribution in [3.05, 3.63) is 29.6 Å². The molecule has 1 aliphatic rings. The normalized spacial score (nSPS) is 15.8. The molecule has 114 valence electrons. The Hall–Kier alpha value is -2.15. The number of amides is 2. The molecule has 0 atom stereocenters. The van der Waals surface area contributed by atoms with E-state index in [-0.39, 0.29) is 18.3 Å². The molecule has 2 N–H and O–H groups in total. The summed E-state index contributed by atoms with van der Waals surface area (Å²) in [5.41, 5.74) is 0.850. The number of hydrogen-bond acceptors (Lipinski definition) is 3. The highest BCUT2D eigenvalue weighted by atomic mass is 19.1. The quantitative estimate of drug-likeness (QED) is 0.883. The number of hydrogen-bond donors (Lipinski definition) is 2. The van der Waals surface area contributed by atoms with E-state index in [1.807, 2.05) is 0 Å². The van der Waals surface area contributed by atoms with E-state index in [2.05, 4.69) is 5.32 Å². The summed E-state index contributed by atoms with van der Waals surface area (Å²) >= 11 is 0. The molecule has 1 saturated heterocycles. The van der Waals surface area contributed by atoms with Crippen LogP contribution in [0.5, 0.6) is 0 Å². The van der Waals surface area contributed by atoms with Crippen molar-refractivity contribution in [2.75, 3.05) is 38.0 Å². The molecular formula is C14H18FN3O3. The average Bonchev–Trinajstić information content (AvgIpc) is 2.43. The third kappa shape index (κ3) is 3.91. The third-order valence-corrected chi connectivity index (χ3v) is 3.47. The second kappa shape index (κ2) is 6.53. The van der Waals surface area contributed by atoms with Gasteiger partial charge in [0.05, 0.1) is 12.2 Å². The van der Waals surface area contributed by atoms with Crippen molar-refractivity contribution in [2.24, 2.45) is 0 Å². The van der Waals surface area contributed by atoms with E-state index >= 15 is 0 Å². The number of benzene rings is 1. The van der Waals surface area contributed by atoms with Gasteiger partial charge in [0.1, 0.15) is 5.82 Å². The van der Waals surface area contributed by atoms with Crippen molar-refractivity contribution in [2.45, 2.75) is 6.92 Å². The number of carboxylic acid groups (broad SMARTS) is 1. The van der Waals surface area contributed by atoms with Gasteiger partial charge in [0, 0.05) is 26.2 Å². The Balaban J connectivity index is 1.92. The van der Waals surface area contributed by atoms with Crippen LogP contribution in [0.15, 0.2) is 18.2 Å². The van der Waals surface area contributed by atoms with Crippen molar-refractivity contribution in [1.82, 2.24) is 9.80 Å². The van der Waals surface area contributed by atoms with Crippen LogP contribution in [-0.4, -0.2) is 59.6 Å². The van der Waals surface area contributed by atoms with Crippen molar-refractivity contribution in [3.8, 4) is 0 Å². The molecule has 0 bridgehead atoms. The lowest BCUT2D eigenvalue weighted by Crippen LogP contribution is -2.51. The summed E-state index contributed by atoms with van der Waals surface area (Å²) in [5, 5.41) is 11.3. The molecule has 0 unspecified atom stereocenters. The van der Waals surface area contributed by atoms with E-state index < -0.39 is 11.8 Å². The topological polar surface area (TPSA) is 72.9 Å². The summed E-state index contributed by atoms with van der Waals surface area (Å²) in [7, 11) is 0. The van der Waals surface area contributed by atoms with Crippen LogP contribution in [-0.2, 0) is 4.79 Å². The number of carboxylic acids is 1. The Morgan fingerprint density at radius 2 is 1.95 bits per heavy atom. The highest BCUT2D eigenvalue weighted by Gasteiger charge is 2.23. The molecule has 2 amide bonds. The zero-order valence-corrected chi connectivity index (χ0v) is 11.8. The number of aliphatic carboxylic acids is 1. The van der Waals surface area contributed by atoms with Gasteiger partial charge in [0.25, 0.3) is 0 Å². The lowest BCUT2D eigenvalue weighted by Gasteiger charge is -2.33. The lowest BCUT2D eigenvalue weighted by molar-refractivity contribution is -0.138. The second-order valence-electron chi connectivity index (χ2n) is 5.02. The summed E-state index contributed by atoms with van der Waals surface area (Å²) in [6, 6.07) is 4.25. The number of nitrogens with one attached hydrogen (secondary N) is 1. The monoisotopic (exact) mass is 295 g/mol. The van der Waals surface area contributed by atoms with Gasteiger partial charge in [-0.2, -0.15) is 0 Å². The molecule has 0 spiro atoms. The van der Waals surface area contributed by atoms with E-state index in [1.54, 1.807) is 28.9 Å². The van der Waals surface area contributed by atoms with Crippen LogP contribution < -0.4 is 5.32 Å². The van der Waals surface area contributed by atoms with E-state index in [0.717, 1.165) is 0 Å². The van der Waals surface area contributed by atoms with E-state index in [4.69, 9.17) is 5.11 Å². The Kier molecular flexibility index (Phi) is 4.74. The molecule has 0 aliphatic carbocycles. The molecule has 1 heterocycles. The molecule has 7 heteroatoms. The number of anilines is 1. The number of rotatable bonds is 3. The molecule has 0 radical (unpaired) electrons. The maximum absolute atomic E-state index is 13.7. The summed E-state index contributed by atoms with van der Waals surface area (Å²) in [6.07, 6.45) is 0. The SMILES string of the molecule is Cc1cccc(F)c1NC(=O)N1CCN(CC(=O)O)CC1. The molecule has 1 fully saturated rings. The molecule has 0 aromatic heterocycles. The summed E-state index contributed by atoms with van der Waals surface area (Å²) in [5.74, 6) is -1.34. The number of halogens is 1. The first-order valence-electron chi connectivity index (χ1n) is 6.72. The van der Waals surface area contributed by atoms with E-state index in [9.17, 15) is 14.0 Å². The van der Waals surface area contributed by atoms with Gasteiger partial charge in [0.2, 0.25) is 0 Å². The third-order valence-electron chi connectivity index (χ3n) is 3.47. The molecule has 1 aromatic carbocycles. The smallest absolute Gasteiger partial charge is 0.322 e. The van der Waals surface area contributed by atoms with Gasteiger partial charge in [-0.05, 0) is 18.6 Å². The molecule has 21 heavy (non-hydrogen) atoms. The van der Waals surface area contributed by atoms with Gasteiger partial charge in [0.15, 0.2) is 0 Å². The largest absolute Gasteiger partial charge is 0.480 e. The van der Waals surface area contributed by atoms with Crippen LogP contribution in [0.2, 0.25) is 0 Å². The van der Waals surface area contributed by atoms with Crippen molar-refractivity contribution >= 4 is 17.7 Å². The summed E-state index contributed by atoms with van der Waals surface area (Å²) < 4.78 is 13.7. The van der Waals surface area contributed by atoms with Crippen LogP contribution >= 0.6 is 0 Å². The fraction of sp³-hybridized carbons (Fsp3) is 0.429. The Labute approximate surface area is 122 Å². The number of carbonyl (C=O) groups is 2. The fourth-order valence-corrected chi connectivity index (χ4v) is 2.28. The zero-order chi connectivity index (χ0) is 15.4. The highest BCUT2D eigenvalue weighted by Crippen LogP contribution is 2.19. The Bertz CT molecular complexity index is 522. The van der Waals surface area contributed by atoms with Crippen molar-refractivity contribution < 1.29 is 19.1 Å². The maximum atomic E-state index is 13.7. The van der Waals surface area contributed by atoms with Crippen LogP contribution in [0.1, 0.15) is 5.56 Å². The number of aryl methyl sites for hydroxylation is 1. The first kappa shape index (κ1) is 15.2.